The predicted octanol–water partition coefficient (Wildman–Crippen LogP) is 5.31. The van der Waals surface area contributed by atoms with Gasteiger partial charge in [0.2, 0.25) is 0 Å². The maximum absolute atomic E-state index is 13.8. The van der Waals surface area contributed by atoms with Gasteiger partial charge in [-0.25, -0.2) is 4.39 Å². The molecule has 0 bridgehead atoms. The number of rotatable bonds is 4. The zero-order valence-corrected chi connectivity index (χ0v) is 13.8. The third-order valence-corrected chi connectivity index (χ3v) is 3.83. The van der Waals surface area contributed by atoms with Gasteiger partial charge < -0.3 is 0 Å². The van der Waals surface area contributed by atoms with Crippen molar-refractivity contribution in [3.8, 4) is 0 Å². The van der Waals surface area contributed by atoms with Crippen LogP contribution >= 0.6 is 0 Å². The molecule has 0 fully saturated rings. The molecule has 0 saturated heterocycles. The summed E-state index contributed by atoms with van der Waals surface area (Å²) in [6.45, 7) is 3.51. The topological polar surface area (TPSA) is 24.4 Å². The van der Waals surface area contributed by atoms with Crippen LogP contribution in [0.1, 0.15) is 22.3 Å². The Morgan fingerprint density at radius 1 is 0.792 bits per heavy atom. The van der Waals surface area contributed by atoms with Crippen molar-refractivity contribution in [2.45, 2.75) is 13.8 Å². The Labute approximate surface area is 141 Å². The molecular weight excluding hydrogens is 299 g/mol. The molecule has 3 rings (SSSR count). The molecule has 1 N–H and O–H groups in total. The maximum Gasteiger partial charge on any atom is 0.129 e. The van der Waals surface area contributed by atoms with Gasteiger partial charge in [-0.05, 0) is 37.1 Å². The van der Waals surface area contributed by atoms with Crippen molar-refractivity contribution >= 4 is 11.4 Å². The minimum atomic E-state index is -0.170. The van der Waals surface area contributed by atoms with Crippen LogP contribution in [0.4, 0.5) is 10.1 Å². The Morgan fingerprint density at radius 2 is 1.25 bits per heavy atom. The molecule has 0 heterocycles. The first-order chi connectivity index (χ1) is 11.6. The van der Waals surface area contributed by atoms with E-state index in [9.17, 15) is 4.39 Å². The average molecular weight is 318 g/mol. The van der Waals surface area contributed by atoms with Crippen molar-refractivity contribution < 1.29 is 4.39 Å². The van der Waals surface area contributed by atoms with Gasteiger partial charge in [0.05, 0.1) is 11.4 Å². The summed E-state index contributed by atoms with van der Waals surface area (Å²) in [6, 6.07) is 23.5. The number of anilines is 1. The normalized spacial score (nSPS) is 10.3. The van der Waals surface area contributed by atoms with Gasteiger partial charge in [0.1, 0.15) is 5.82 Å². The van der Waals surface area contributed by atoms with Crippen molar-refractivity contribution in [1.29, 1.82) is 0 Å². The fourth-order valence-corrected chi connectivity index (χ4v) is 2.62. The minimum absolute atomic E-state index is 0.170. The molecule has 0 radical (unpaired) electrons. The van der Waals surface area contributed by atoms with E-state index in [1.807, 2.05) is 60.7 Å². The smallest absolute Gasteiger partial charge is 0.129 e. The standard InChI is InChI=1S/C21H19FN2/c1-15-13-19(14-16(2)20(15)22)23-24-21(17-9-5-3-6-10-17)18-11-7-4-8-12-18/h3-14,23H,1-2H3. The van der Waals surface area contributed by atoms with E-state index in [2.05, 4.69) is 10.5 Å². The van der Waals surface area contributed by atoms with Crippen LogP contribution in [0.3, 0.4) is 0 Å². The lowest BCUT2D eigenvalue weighted by atomic mass is 10.0. The predicted molar refractivity (Wildman–Crippen MR) is 98.0 cm³/mol. The van der Waals surface area contributed by atoms with Crippen LogP contribution in [0, 0.1) is 19.7 Å². The van der Waals surface area contributed by atoms with E-state index in [0.29, 0.717) is 11.1 Å². The lowest BCUT2D eigenvalue weighted by Crippen LogP contribution is -2.06. The molecule has 0 unspecified atom stereocenters. The monoisotopic (exact) mass is 318 g/mol. The van der Waals surface area contributed by atoms with Crippen LogP contribution < -0.4 is 5.43 Å². The highest BCUT2D eigenvalue weighted by Gasteiger charge is 2.08. The van der Waals surface area contributed by atoms with Crippen LogP contribution in [0.2, 0.25) is 0 Å². The first-order valence-electron chi connectivity index (χ1n) is 7.86. The second-order valence-electron chi connectivity index (χ2n) is 5.73. The Hall–Kier alpha value is -2.94. The molecule has 0 aliphatic carbocycles. The van der Waals surface area contributed by atoms with Crippen molar-refractivity contribution in [2.24, 2.45) is 5.10 Å². The molecule has 24 heavy (non-hydrogen) atoms. The SMILES string of the molecule is Cc1cc(NN=C(c2ccccc2)c2ccccc2)cc(C)c1F. The Balaban J connectivity index is 1.99. The summed E-state index contributed by atoms with van der Waals surface area (Å²) in [7, 11) is 0. The lowest BCUT2D eigenvalue weighted by Gasteiger charge is -2.10. The highest BCUT2D eigenvalue weighted by molar-refractivity contribution is 6.13. The summed E-state index contributed by atoms with van der Waals surface area (Å²) in [5.74, 6) is -0.170. The molecule has 0 atom stereocenters. The summed E-state index contributed by atoms with van der Waals surface area (Å²) >= 11 is 0. The van der Waals surface area contributed by atoms with Gasteiger partial charge in [0, 0.05) is 11.1 Å². The number of benzene rings is 3. The molecular formula is C21H19FN2. The van der Waals surface area contributed by atoms with Crippen molar-refractivity contribution in [1.82, 2.24) is 0 Å². The van der Waals surface area contributed by atoms with E-state index < -0.39 is 0 Å². The number of hydrogen-bond donors (Lipinski definition) is 1. The third kappa shape index (κ3) is 3.51. The zero-order chi connectivity index (χ0) is 16.9. The number of hydrogen-bond acceptors (Lipinski definition) is 2. The van der Waals surface area contributed by atoms with Crippen molar-refractivity contribution in [2.75, 3.05) is 5.43 Å². The van der Waals surface area contributed by atoms with Crippen LogP contribution in [0.5, 0.6) is 0 Å². The van der Waals surface area contributed by atoms with Gasteiger partial charge in [-0.15, -0.1) is 0 Å². The average Bonchev–Trinajstić information content (AvgIpc) is 2.61. The summed E-state index contributed by atoms with van der Waals surface area (Å²) in [5.41, 5.74) is 7.94. The van der Waals surface area contributed by atoms with E-state index in [1.54, 1.807) is 26.0 Å². The van der Waals surface area contributed by atoms with E-state index in [1.165, 1.54) is 0 Å². The molecule has 3 aromatic rings. The minimum Gasteiger partial charge on any atom is -0.278 e. The summed E-state index contributed by atoms with van der Waals surface area (Å²) in [5, 5.41) is 4.59. The van der Waals surface area contributed by atoms with Crippen molar-refractivity contribution in [3.05, 3.63) is 101 Å². The molecule has 3 aromatic carbocycles. The van der Waals surface area contributed by atoms with Gasteiger partial charge >= 0.3 is 0 Å². The Kier molecular flexibility index (Phi) is 4.71. The molecule has 0 aliphatic rings. The second kappa shape index (κ2) is 7.09. The van der Waals surface area contributed by atoms with Crippen LogP contribution in [0.15, 0.2) is 77.9 Å². The fourth-order valence-electron chi connectivity index (χ4n) is 2.62. The van der Waals surface area contributed by atoms with Crippen molar-refractivity contribution in [3.63, 3.8) is 0 Å². The van der Waals surface area contributed by atoms with Gasteiger partial charge in [-0.1, -0.05) is 60.7 Å². The van der Waals surface area contributed by atoms with Crippen LogP contribution in [-0.2, 0) is 0 Å². The third-order valence-electron chi connectivity index (χ3n) is 3.83. The lowest BCUT2D eigenvalue weighted by molar-refractivity contribution is 0.609. The number of nitrogens with zero attached hydrogens (tertiary/aromatic N) is 1. The second-order valence-corrected chi connectivity index (χ2v) is 5.73. The van der Waals surface area contributed by atoms with E-state index in [-0.39, 0.29) is 5.82 Å². The van der Waals surface area contributed by atoms with E-state index in [4.69, 9.17) is 0 Å². The quantitative estimate of drug-likeness (QED) is 0.512. The number of nitrogens with one attached hydrogen (secondary N) is 1. The first kappa shape index (κ1) is 15.9. The molecule has 0 amide bonds. The fraction of sp³-hybridized carbons (Fsp3) is 0.0952. The summed E-state index contributed by atoms with van der Waals surface area (Å²) < 4.78 is 13.8. The van der Waals surface area contributed by atoms with E-state index >= 15 is 0 Å². The molecule has 0 spiro atoms. The molecule has 2 nitrogen and oxygen atoms in total. The molecule has 120 valence electrons. The van der Waals surface area contributed by atoms with Crippen LogP contribution in [-0.4, -0.2) is 5.71 Å². The zero-order valence-electron chi connectivity index (χ0n) is 13.8. The van der Waals surface area contributed by atoms with Gasteiger partial charge in [-0.2, -0.15) is 5.10 Å². The first-order valence-corrected chi connectivity index (χ1v) is 7.86. The number of halogens is 1. The highest BCUT2D eigenvalue weighted by atomic mass is 19.1. The summed E-state index contributed by atoms with van der Waals surface area (Å²) in [4.78, 5) is 0. The number of aryl methyl sites for hydroxylation is 2. The van der Waals surface area contributed by atoms with Gasteiger partial charge in [-0.3, -0.25) is 5.43 Å². The number of hydrazone groups is 1. The van der Waals surface area contributed by atoms with Crippen LogP contribution in [0.25, 0.3) is 0 Å². The molecule has 0 aliphatic heterocycles. The molecule has 3 heteroatoms. The molecule has 0 aromatic heterocycles. The largest absolute Gasteiger partial charge is 0.278 e. The highest BCUT2D eigenvalue weighted by Crippen LogP contribution is 2.19. The maximum atomic E-state index is 13.8. The van der Waals surface area contributed by atoms with E-state index in [0.717, 1.165) is 22.5 Å². The molecule has 0 saturated carbocycles. The summed E-state index contributed by atoms with van der Waals surface area (Å²) in [6.07, 6.45) is 0. The van der Waals surface area contributed by atoms with Gasteiger partial charge in [0.25, 0.3) is 0 Å². The van der Waals surface area contributed by atoms with Gasteiger partial charge in [0.15, 0.2) is 0 Å². The Morgan fingerprint density at radius 3 is 1.71 bits per heavy atom. The Bertz CT molecular complexity index is 791.